The van der Waals surface area contributed by atoms with Gasteiger partial charge in [-0.15, -0.1) is 0 Å². The second kappa shape index (κ2) is 5.69. The smallest absolute Gasteiger partial charge is 0.349 e. The van der Waals surface area contributed by atoms with Crippen LogP contribution in [0.1, 0.15) is 13.8 Å². The van der Waals surface area contributed by atoms with Crippen molar-refractivity contribution in [1.29, 1.82) is 0 Å². The summed E-state index contributed by atoms with van der Waals surface area (Å²) < 4.78 is 8.68. The maximum atomic E-state index is 10.9. The van der Waals surface area contributed by atoms with Crippen molar-refractivity contribution in [1.82, 2.24) is 0 Å². The first kappa shape index (κ1) is 13.9. The number of aliphatic carboxylic acids is 1. The maximum absolute atomic E-state index is 10.9. The largest absolute Gasteiger partial charge is 0.478 e. The molecule has 0 spiro atoms. The molecule has 90 valence electrons. The first-order valence-electron chi connectivity index (χ1n) is 4.12. The van der Waals surface area contributed by atoms with Gasteiger partial charge in [0, 0.05) is 13.8 Å². The maximum Gasteiger partial charge on any atom is 0.349 e. The summed E-state index contributed by atoms with van der Waals surface area (Å²) in [6.07, 6.45) is -3.79. The molecule has 0 bridgehead atoms. The van der Waals surface area contributed by atoms with Gasteiger partial charge >= 0.3 is 17.9 Å². The number of primary amides is 1. The fourth-order valence-electron chi connectivity index (χ4n) is 0.868. The van der Waals surface area contributed by atoms with Crippen LogP contribution >= 0.6 is 0 Å². The quantitative estimate of drug-likeness (QED) is 0.547. The molecule has 0 radical (unpaired) electrons. The standard InChI is InChI=1S/C8H11NO7/c1-3(10)15-5(7(9)12)6(8(13)14)16-4(2)11/h5-6H,1-2H3,(H2,9,12)(H,13,14)/t5-,6-/m1/s1. The average Bonchev–Trinajstić information content (AvgIpc) is 2.09. The molecule has 0 aromatic rings. The lowest BCUT2D eigenvalue weighted by Gasteiger charge is -2.20. The van der Waals surface area contributed by atoms with E-state index in [4.69, 9.17) is 10.8 Å². The second-order valence-electron chi connectivity index (χ2n) is 2.80. The molecule has 0 aliphatic heterocycles. The van der Waals surface area contributed by atoms with Crippen LogP contribution in [-0.4, -0.2) is 41.1 Å². The lowest BCUT2D eigenvalue weighted by atomic mass is 10.2. The zero-order valence-corrected chi connectivity index (χ0v) is 8.63. The van der Waals surface area contributed by atoms with Crippen molar-refractivity contribution in [2.24, 2.45) is 5.73 Å². The first-order chi connectivity index (χ1) is 7.25. The van der Waals surface area contributed by atoms with Crippen LogP contribution in [0.5, 0.6) is 0 Å². The highest BCUT2D eigenvalue weighted by atomic mass is 16.6. The summed E-state index contributed by atoms with van der Waals surface area (Å²) >= 11 is 0. The van der Waals surface area contributed by atoms with E-state index in [0.29, 0.717) is 0 Å². The van der Waals surface area contributed by atoms with Crippen LogP contribution in [0.25, 0.3) is 0 Å². The Morgan fingerprint density at radius 2 is 1.38 bits per heavy atom. The minimum atomic E-state index is -1.95. The Kier molecular flexibility index (Phi) is 4.93. The zero-order valence-electron chi connectivity index (χ0n) is 8.63. The fraction of sp³-hybridized carbons (Fsp3) is 0.500. The van der Waals surface area contributed by atoms with Crippen LogP contribution in [0.2, 0.25) is 0 Å². The lowest BCUT2D eigenvalue weighted by molar-refractivity contribution is -0.180. The summed E-state index contributed by atoms with van der Waals surface area (Å²) in [5, 5.41) is 8.68. The van der Waals surface area contributed by atoms with Gasteiger partial charge < -0.3 is 20.3 Å². The van der Waals surface area contributed by atoms with Gasteiger partial charge in [-0.25, -0.2) is 4.79 Å². The van der Waals surface area contributed by atoms with Crippen LogP contribution in [0.4, 0.5) is 0 Å². The highest BCUT2D eigenvalue weighted by molar-refractivity contribution is 5.89. The van der Waals surface area contributed by atoms with Crippen molar-refractivity contribution in [2.45, 2.75) is 26.1 Å². The van der Waals surface area contributed by atoms with Gasteiger partial charge in [-0.2, -0.15) is 0 Å². The molecule has 16 heavy (non-hydrogen) atoms. The van der Waals surface area contributed by atoms with Crippen molar-refractivity contribution in [2.75, 3.05) is 0 Å². The van der Waals surface area contributed by atoms with Gasteiger partial charge in [0.05, 0.1) is 0 Å². The van der Waals surface area contributed by atoms with Crippen LogP contribution in [0.3, 0.4) is 0 Å². The second-order valence-corrected chi connectivity index (χ2v) is 2.80. The summed E-state index contributed by atoms with van der Waals surface area (Å²) in [4.78, 5) is 42.7. The number of ether oxygens (including phenoxy) is 2. The normalized spacial score (nSPS) is 13.4. The van der Waals surface area contributed by atoms with E-state index in [1.165, 1.54) is 0 Å². The van der Waals surface area contributed by atoms with E-state index in [-0.39, 0.29) is 0 Å². The van der Waals surface area contributed by atoms with Gasteiger partial charge in [-0.3, -0.25) is 14.4 Å². The molecule has 2 atom stereocenters. The van der Waals surface area contributed by atoms with E-state index >= 15 is 0 Å². The molecule has 0 rings (SSSR count). The molecule has 3 N–H and O–H groups in total. The van der Waals surface area contributed by atoms with Crippen molar-refractivity contribution in [3.63, 3.8) is 0 Å². The number of carbonyl (C=O) groups is 4. The van der Waals surface area contributed by atoms with E-state index in [2.05, 4.69) is 9.47 Å². The Balaban J connectivity index is 4.93. The van der Waals surface area contributed by atoms with Gasteiger partial charge in [0.1, 0.15) is 0 Å². The van der Waals surface area contributed by atoms with E-state index < -0.39 is 36.0 Å². The molecule has 0 fully saturated rings. The monoisotopic (exact) mass is 233 g/mol. The van der Waals surface area contributed by atoms with Crippen molar-refractivity contribution >= 4 is 23.8 Å². The zero-order chi connectivity index (χ0) is 12.9. The minimum Gasteiger partial charge on any atom is -0.478 e. The molecule has 0 aliphatic rings. The number of esters is 2. The highest BCUT2D eigenvalue weighted by Crippen LogP contribution is 2.06. The van der Waals surface area contributed by atoms with Gasteiger partial charge in [0.2, 0.25) is 12.2 Å². The predicted molar refractivity (Wildman–Crippen MR) is 47.9 cm³/mol. The topological polar surface area (TPSA) is 133 Å². The van der Waals surface area contributed by atoms with Crippen LogP contribution in [0.15, 0.2) is 0 Å². The Morgan fingerprint density at radius 3 is 1.62 bits per heavy atom. The van der Waals surface area contributed by atoms with Gasteiger partial charge in [-0.05, 0) is 0 Å². The summed E-state index contributed by atoms with van der Waals surface area (Å²) in [6.45, 7) is 1.91. The van der Waals surface area contributed by atoms with Crippen LogP contribution < -0.4 is 5.73 Å². The number of nitrogens with two attached hydrogens (primary N) is 1. The Labute approximate surface area is 90.3 Å². The predicted octanol–water partition coefficient (Wildman–Crippen LogP) is -1.58. The summed E-state index contributed by atoms with van der Waals surface area (Å²) in [6, 6.07) is 0. The number of carboxylic acid groups (broad SMARTS) is 1. The molecule has 0 unspecified atom stereocenters. The Morgan fingerprint density at radius 1 is 1.00 bits per heavy atom. The van der Waals surface area contributed by atoms with Crippen molar-refractivity contribution in [3.05, 3.63) is 0 Å². The van der Waals surface area contributed by atoms with Gasteiger partial charge in [0.15, 0.2) is 0 Å². The average molecular weight is 233 g/mol. The summed E-state index contributed by atoms with van der Waals surface area (Å²) in [5.41, 5.74) is 4.83. The molecule has 0 heterocycles. The molecule has 8 heteroatoms. The Hall–Kier alpha value is -2.12. The molecule has 8 nitrogen and oxygen atoms in total. The third kappa shape index (κ3) is 4.40. The van der Waals surface area contributed by atoms with E-state index in [0.717, 1.165) is 13.8 Å². The number of hydrogen-bond donors (Lipinski definition) is 2. The highest BCUT2D eigenvalue weighted by Gasteiger charge is 2.37. The summed E-state index contributed by atoms with van der Waals surface area (Å²) in [5.74, 6) is -4.71. The molecular formula is C8H11NO7. The van der Waals surface area contributed by atoms with E-state index in [9.17, 15) is 19.2 Å². The van der Waals surface area contributed by atoms with Crippen molar-refractivity contribution in [3.8, 4) is 0 Å². The van der Waals surface area contributed by atoms with Gasteiger partial charge in [-0.1, -0.05) is 0 Å². The number of carboxylic acids is 1. The minimum absolute atomic E-state index is 0.915. The van der Waals surface area contributed by atoms with Crippen molar-refractivity contribution < 1.29 is 33.8 Å². The Bertz CT molecular complexity index is 292. The fourth-order valence-corrected chi connectivity index (χ4v) is 0.868. The lowest BCUT2D eigenvalue weighted by Crippen LogP contribution is -2.48. The van der Waals surface area contributed by atoms with Crippen LogP contribution in [0, 0.1) is 0 Å². The number of amides is 1. The molecule has 0 saturated carbocycles. The molecule has 0 aromatic carbocycles. The first-order valence-corrected chi connectivity index (χ1v) is 4.12. The molecular weight excluding hydrogens is 222 g/mol. The summed E-state index contributed by atoms with van der Waals surface area (Å²) in [7, 11) is 0. The molecule has 0 aromatic heterocycles. The number of hydrogen-bond acceptors (Lipinski definition) is 6. The number of rotatable bonds is 5. The third-order valence-electron chi connectivity index (χ3n) is 1.38. The van der Waals surface area contributed by atoms with Crippen LogP contribution in [-0.2, 0) is 28.7 Å². The molecule has 0 saturated heterocycles. The SMILES string of the molecule is CC(=O)O[C@@H](C(N)=O)[C@@H](OC(C)=O)C(=O)O. The van der Waals surface area contributed by atoms with E-state index in [1.54, 1.807) is 0 Å². The van der Waals surface area contributed by atoms with Gasteiger partial charge in [0.25, 0.3) is 5.91 Å². The third-order valence-corrected chi connectivity index (χ3v) is 1.38. The van der Waals surface area contributed by atoms with E-state index in [1.807, 2.05) is 0 Å². The number of carbonyl (C=O) groups excluding carboxylic acids is 3. The molecule has 0 aliphatic carbocycles. The molecule has 1 amide bonds.